The Kier molecular flexibility index (Phi) is 5.36. The molecule has 7 heteroatoms. The van der Waals surface area contributed by atoms with Crippen molar-refractivity contribution in [3.63, 3.8) is 0 Å². The summed E-state index contributed by atoms with van der Waals surface area (Å²) < 4.78 is 5.33. The number of carbonyl (C=O) groups is 1. The lowest BCUT2D eigenvalue weighted by atomic mass is 10.1. The van der Waals surface area contributed by atoms with E-state index in [0.29, 0.717) is 11.6 Å². The monoisotopic (exact) mass is 353 g/mol. The molecule has 1 atom stereocenters. The zero-order valence-corrected chi connectivity index (χ0v) is 15.0. The summed E-state index contributed by atoms with van der Waals surface area (Å²) in [4.78, 5) is 23.8. The quantitative estimate of drug-likeness (QED) is 0.605. The van der Waals surface area contributed by atoms with Crippen LogP contribution in [-0.4, -0.2) is 34.0 Å². The van der Waals surface area contributed by atoms with Crippen molar-refractivity contribution in [2.24, 2.45) is 0 Å². The number of aryl methyl sites for hydroxylation is 1. The first kappa shape index (κ1) is 17.7. The maximum atomic E-state index is 12.3. The van der Waals surface area contributed by atoms with Gasteiger partial charge in [0.05, 0.1) is 18.1 Å². The lowest BCUT2D eigenvalue weighted by molar-refractivity contribution is 0.0929. The lowest BCUT2D eigenvalue weighted by Gasteiger charge is -2.13. The van der Waals surface area contributed by atoms with Gasteiger partial charge in [0.25, 0.3) is 5.91 Å². The van der Waals surface area contributed by atoms with E-state index in [1.54, 1.807) is 19.4 Å². The molecule has 0 aliphatic heterocycles. The van der Waals surface area contributed by atoms with Gasteiger partial charge in [0.15, 0.2) is 5.82 Å². The molecule has 0 saturated carbocycles. The number of carbonyl (C=O) groups excluding carboxylic acids is 1. The first-order chi connectivity index (χ1) is 12.6. The number of para-hydroxylation sites is 2. The minimum atomic E-state index is -0.194. The number of amides is 1. The average Bonchev–Trinajstić information content (AvgIpc) is 3.07. The summed E-state index contributed by atoms with van der Waals surface area (Å²) >= 11 is 0. The van der Waals surface area contributed by atoms with Crippen LogP contribution in [0.1, 0.15) is 35.9 Å². The summed E-state index contributed by atoms with van der Waals surface area (Å²) in [5, 5.41) is 2.98. The topological polar surface area (TPSA) is 106 Å². The lowest BCUT2D eigenvalue weighted by Crippen LogP contribution is -2.33. The summed E-state index contributed by atoms with van der Waals surface area (Å²) in [5.74, 6) is 1.33. The molecule has 2 heterocycles. The molecule has 136 valence electrons. The molecule has 0 fully saturated rings. The number of nitrogens with two attached hydrogens (primary N) is 1. The number of anilines is 1. The minimum absolute atomic E-state index is 0.0310. The molecule has 0 bridgehead atoms. The van der Waals surface area contributed by atoms with E-state index in [-0.39, 0.29) is 11.9 Å². The molecule has 0 saturated heterocycles. The van der Waals surface area contributed by atoms with Crippen molar-refractivity contribution >= 4 is 22.8 Å². The third-order valence-corrected chi connectivity index (χ3v) is 4.25. The van der Waals surface area contributed by atoms with Crippen LogP contribution in [0.4, 0.5) is 5.82 Å². The van der Waals surface area contributed by atoms with Crippen LogP contribution >= 0.6 is 0 Å². The molecule has 1 amide bonds. The predicted molar refractivity (Wildman–Crippen MR) is 101 cm³/mol. The number of benzene rings is 1. The Morgan fingerprint density at radius 2 is 2.19 bits per heavy atom. The van der Waals surface area contributed by atoms with Gasteiger partial charge in [-0.15, -0.1) is 0 Å². The molecule has 0 spiro atoms. The predicted octanol–water partition coefficient (Wildman–Crippen LogP) is 2.69. The number of imidazole rings is 1. The Morgan fingerprint density at radius 3 is 2.96 bits per heavy atom. The average molecular weight is 353 g/mol. The van der Waals surface area contributed by atoms with Crippen molar-refractivity contribution in [1.82, 2.24) is 20.3 Å². The number of aromatic nitrogens is 3. The molecule has 1 aromatic carbocycles. The number of ether oxygens (including phenoxy) is 1. The summed E-state index contributed by atoms with van der Waals surface area (Å²) in [6.07, 6.45) is 4.27. The molecule has 3 aromatic rings. The van der Waals surface area contributed by atoms with Gasteiger partial charge >= 0.3 is 0 Å². The van der Waals surface area contributed by atoms with E-state index in [4.69, 9.17) is 10.5 Å². The second-order valence-corrected chi connectivity index (χ2v) is 6.29. The van der Waals surface area contributed by atoms with Crippen molar-refractivity contribution in [2.75, 3.05) is 12.8 Å². The molecule has 4 N–H and O–H groups in total. The summed E-state index contributed by atoms with van der Waals surface area (Å²) in [7, 11) is 1.62. The Labute approximate surface area is 152 Å². The van der Waals surface area contributed by atoms with Crippen LogP contribution in [0.25, 0.3) is 11.0 Å². The van der Waals surface area contributed by atoms with Crippen molar-refractivity contribution in [3.8, 4) is 5.75 Å². The first-order valence-corrected chi connectivity index (χ1v) is 8.61. The van der Waals surface area contributed by atoms with Gasteiger partial charge in [0.1, 0.15) is 11.6 Å². The van der Waals surface area contributed by atoms with E-state index in [2.05, 4.69) is 20.3 Å². The summed E-state index contributed by atoms with van der Waals surface area (Å²) in [6.45, 7) is 1.99. The highest BCUT2D eigenvalue weighted by Crippen LogP contribution is 2.21. The van der Waals surface area contributed by atoms with Crippen LogP contribution in [0.5, 0.6) is 5.75 Å². The Hall–Kier alpha value is -3.09. The summed E-state index contributed by atoms with van der Waals surface area (Å²) in [5.41, 5.74) is 8.32. The normalized spacial score (nSPS) is 12.1. The SMILES string of the molecule is COc1cc(N)ncc1CCC[C@H](C)NC(=O)c1nc2ccccc2[nH]1. The first-order valence-electron chi connectivity index (χ1n) is 8.61. The number of rotatable bonds is 7. The highest BCUT2D eigenvalue weighted by Gasteiger charge is 2.14. The molecule has 7 nitrogen and oxygen atoms in total. The number of pyridine rings is 1. The van der Waals surface area contributed by atoms with Gasteiger partial charge in [-0.1, -0.05) is 12.1 Å². The largest absolute Gasteiger partial charge is 0.496 e. The fourth-order valence-electron chi connectivity index (χ4n) is 2.88. The molecule has 0 aliphatic rings. The van der Waals surface area contributed by atoms with E-state index in [1.165, 1.54) is 0 Å². The van der Waals surface area contributed by atoms with E-state index in [1.807, 2.05) is 31.2 Å². The van der Waals surface area contributed by atoms with Crippen LogP contribution in [0.3, 0.4) is 0 Å². The van der Waals surface area contributed by atoms with Crippen LogP contribution in [-0.2, 0) is 6.42 Å². The van der Waals surface area contributed by atoms with Gasteiger partial charge in [-0.05, 0) is 38.3 Å². The molecule has 0 unspecified atom stereocenters. The van der Waals surface area contributed by atoms with E-state index in [0.717, 1.165) is 41.6 Å². The number of nitrogen functional groups attached to an aromatic ring is 1. The molecule has 2 aromatic heterocycles. The third kappa shape index (κ3) is 4.11. The van der Waals surface area contributed by atoms with Gasteiger partial charge < -0.3 is 20.8 Å². The number of nitrogens with zero attached hydrogens (tertiary/aromatic N) is 2. The number of hydrogen-bond acceptors (Lipinski definition) is 5. The second-order valence-electron chi connectivity index (χ2n) is 6.29. The van der Waals surface area contributed by atoms with E-state index in [9.17, 15) is 4.79 Å². The van der Waals surface area contributed by atoms with Crippen molar-refractivity contribution in [1.29, 1.82) is 0 Å². The number of hydrogen-bond donors (Lipinski definition) is 3. The Bertz CT molecular complexity index is 873. The van der Waals surface area contributed by atoms with E-state index < -0.39 is 0 Å². The highest BCUT2D eigenvalue weighted by molar-refractivity contribution is 5.94. The number of H-pyrrole nitrogens is 1. The third-order valence-electron chi connectivity index (χ3n) is 4.25. The molecular weight excluding hydrogens is 330 g/mol. The number of nitrogens with one attached hydrogen (secondary N) is 2. The molecule has 26 heavy (non-hydrogen) atoms. The fraction of sp³-hybridized carbons (Fsp3) is 0.316. The zero-order valence-electron chi connectivity index (χ0n) is 15.0. The molecule has 0 aliphatic carbocycles. The maximum absolute atomic E-state index is 12.3. The summed E-state index contributed by atoms with van der Waals surface area (Å²) in [6, 6.07) is 9.33. The van der Waals surface area contributed by atoms with Crippen LogP contribution in [0.15, 0.2) is 36.5 Å². The van der Waals surface area contributed by atoms with E-state index >= 15 is 0 Å². The van der Waals surface area contributed by atoms with Gasteiger partial charge in [0, 0.05) is 23.9 Å². The smallest absolute Gasteiger partial charge is 0.287 e. The molecule has 0 radical (unpaired) electrons. The van der Waals surface area contributed by atoms with Gasteiger partial charge in [-0.2, -0.15) is 0 Å². The number of methoxy groups -OCH3 is 1. The van der Waals surface area contributed by atoms with Crippen molar-refractivity contribution < 1.29 is 9.53 Å². The Balaban J connectivity index is 1.52. The van der Waals surface area contributed by atoms with Gasteiger partial charge in [-0.3, -0.25) is 4.79 Å². The van der Waals surface area contributed by atoms with Gasteiger partial charge in [0.2, 0.25) is 0 Å². The minimum Gasteiger partial charge on any atom is -0.496 e. The fourth-order valence-corrected chi connectivity index (χ4v) is 2.88. The zero-order chi connectivity index (χ0) is 18.5. The van der Waals surface area contributed by atoms with Crippen molar-refractivity contribution in [2.45, 2.75) is 32.2 Å². The van der Waals surface area contributed by atoms with Crippen LogP contribution in [0, 0.1) is 0 Å². The number of fused-ring (bicyclic) bond motifs is 1. The Morgan fingerprint density at radius 1 is 1.38 bits per heavy atom. The maximum Gasteiger partial charge on any atom is 0.287 e. The van der Waals surface area contributed by atoms with Gasteiger partial charge in [-0.25, -0.2) is 9.97 Å². The standard InChI is InChI=1S/C19H23N5O2/c1-12(6-5-7-13-11-21-17(20)10-16(13)26-2)22-19(25)18-23-14-8-3-4-9-15(14)24-18/h3-4,8-12H,5-7H2,1-2H3,(H2,20,21)(H,22,25)(H,23,24)/t12-/m0/s1. The number of aromatic amines is 1. The van der Waals surface area contributed by atoms with Crippen molar-refractivity contribution in [3.05, 3.63) is 47.9 Å². The second kappa shape index (κ2) is 7.86. The molecule has 3 rings (SSSR count). The van der Waals surface area contributed by atoms with Crippen LogP contribution in [0.2, 0.25) is 0 Å². The highest BCUT2D eigenvalue weighted by atomic mass is 16.5. The van der Waals surface area contributed by atoms with Crippen LogP contribution < -0.4 is 15.8 Å². The molecular formula is C19H23N5O2.